The Kier molecular flexibility index (Phi) is 12.6. The Balaban J connectivity index is 4.24. The van der Waals surface area contributed by atoms with Crippen LogP contribution in [0.25, 0.3) is 0 Å². The normalized spacial score (nSPS) is 15.3. The van der Waals surface area contributed by atoms with Gasteiger partial charge in [0.25, 0.3) is 0 Å². The highest BCUT2D eigenvalue weighted by Crippen LogP contribution is 2.22. The molecule has 0 aromatic heterocycles. The second kappa shape index (κ2) is 12.9. The maximum Gasteiger partial charge on any atom is 0.234 e. The summed E-state index contributed by atoms with van der Waals surface area (Å²) < 4.78 is 0. The summed E-state index contributed by atoms with van der Waals surface area (Å²) in [4.78, 5) is 12.2. The van der Waals surface area contributed by atoms with E-state index in [2.05, 4.69) is 45.3 Å². The van der Waals surface area contributed by atoms with Gasteiger partial charge in [-0.2, -0.15) is 0 Å². The first-order valence-corrected chi connectivity index (χ1v) is 9.51. The molecule has 0 aliphatic rings. The highest BCUT2D eigenvalue weighted by molar-refractivity contribution is 5.78. The van der Waals surface area contributed by atoms with Crippen molar-refractivity contribution in [1.82, 2.24) is 10.6 Å². The van der Waals surface area contributed by atoms with Gasteiger partial charge in [0, 0.05) is 11.6 Å². The highest BCUT2D eigenvalue weighted by atomic mass is 16.2. The average molecular weight is 313 g/mol. The summed E-state index contributed by atoms with van der Waals surface area (Å²) in [6.07, 6.45) is 12.1. The number of nitrogens with one attached hydrogen (secondary N) is 2. The molecule has 3 heteroatoms. The zero-order valence-electron chi connectivity index (χ0n) is 15.8. The molecule has 0 heterocycles. The zero-order chi connectivity index (χ0) is 16.8. The van der Waals surface area contributed by atoms with E-state index in [0.717, 1.165) is 19.3 Å². The van der Waals surface area contributed by atoms with Crippen LogP contribution in [0, 0.1) is 0 Å². The van der Waals surface area contributed by atoms with Crippen LogP contribution in [0.3, 0.4) is 0 Å². The van der Waals surface area contributed by atoms with E-state index >= 15 is 0 Å². The first-order valence-electron chi connectivity index (χ1n) is 9.51. The standard InChI is InChI=1S/C19H40N2O/c1-6-9-11-12-13-15-19(5,14-10-7-2)21-18(22)16-20-17(4)8-3/h17,20H,6-16H2,1-5H3,(H,21,22)/t17-,19?/m0/s1. The van der Waals surface area contributed by atoms with Crippen LogP contribution >= 0.6 is 0 Å². The van der Waals surface area contributed by atoms with Gasteiger partial charge in [-0.3, -0.25) is 4.79 Å². The van der Waals surface area contributed by atoms with Crippen molar-refractivity contribution in [3.8, 4) is 0 Å². The van der Waals surface area contributed by atoms with Gasteiger partial charge in [-0.25, -0.2) is 0 Å². The number of amides is 1. The summed E-state index contributed by atoms with van der Waals surface area (Å²) in [6, 6.07) is 0.404. The van der Waals surface area contributed by atoms with Gasteiger partial charge in [0.05, 0.1) is 6.54 Å². The highest BCUT2D eigenvalue weighted by Gasteiger charge is 2.25. The average Bonchev–Trinajstić information content (AvgIpc) is 2.50. The number of rotatable bonds is 14. The molecule has 3 nitrogen and oxygen atoms in total. The van der Waals surface area contributed by atoms with Crippen LogP contribution in [-0.2, 0) is 4.79 Å². The maximum absolute atomic E-state index is 12.2. The predicted octanol–water partition coefficient (Wildman–Crippen LogP) is 4.80. The molecule has 0 aromatic rings. The third-order valence-electron chi connectivity index (χ3n) is 4.58. The van der Waals surface area contributed by atoms with E-state index in [4.69, 9.17) is 0 Å². The van der Waals surface area contributed by atoms with Crippen LogP contribution in [0.2, 0.25) is 0 Å². The van der Waals surface area contributed by atoms with Gasteiger partial charge in [0.2, 0.25) is 5.91 Å². The van der Waals surface area contributed by atoms with Gasteiger partial charge >= 0.3 is 0 Å². The predicted molar refractivity (Wildman–Crippen MR) is 97.2 cm³/mol. The lowest BCUT2D eigenvalue weighted by atomic mass is 9.88. The van der Waals surface area contributed by atoms with Crippen molar-refractivity contribution in [3.63, 3.8) is 0 Å². The third kappa shape index (κ3) is 11.1. The quantitative estimate of drug-likeness (QED) is 0.452. The van der Waals surface area contributed by atoms with Crippen LogP contribution in [0.15, 0.2) is 0 Å². The Morgan fingerprint density at radius 2 is 1.55 bits per heavy atom. The van der Waals surface area contributed by atoms with E-state index in [1.54, 1.807) is 0 Å². The number of hydrogen-bond donors (Lipinski definition) is 2. The Morgan fingerprint density at radius 3 is 2.14 bits per heavy atom. The van der Waals surface area contributed by atoms with Crippen LogP contribution < -0.4 is 10.6 Å². The monoisotopic (exact) mass is 312 g/mol. The molecule has 1 unspecified atom stereocenters. The summed E-state index contributed by atoms with van der Waals surface area (Å²) in [5.41, 5.74) is -0.0313. The topological polar surface area (TPSA) is 41.1 Å². The fourth-order valence-electron chi connectivity index (χ4n) is 2.73. The van der Waals surface area contributed by atoms with E-state index in [9.17, 15) is 4.79 Å². The van der Waals surface area contributed by atoms with E-state index in [0.29, 0.717) is 12.6 Å². The van der Waals surface area contributed by atoms with Crippen LogP contribution in [0.5, 0.6) is 0 Å². The van der Waals surface area contributed by atoms with Crippen LogP contribution in [0.1, 0.15) is 98.8 Å². The fraction of sp³-hybridized carbons (Fsp3) is 0.947. The third-order valence-corrected chi connectivity index (χ3v) is 4.58. The Labute approximate surface area is 139 Å². The molecule has 0 saturated heterocycles. The molecule has 0 aliphatic heterocycles. The van der Waals surface area contributed by atoms with Crippen molar-refractivity contribution in [2.75, 3.05) is 6.54 Å². The van der Waals surface area contributed by atoms with E-state index in [1.165, 1.54) is 44.9 Å². The molecule has 2 N–H and O–H groups in total. The first kappa shape index (κ1) is 21.4. The molecular formula is C19H40N2O. The zero-order valence-corrected chi connectivity index (χ0v) is 15.8. The van der Waals surface area contributed by atoms with Crippen molar-refractivity contribution in [3.05, 3.63) is 0 Å². The molecule has 0 spiro atoms. The molecule has 0 saturated carbocycles. The molecule has 0 bridgehead atoms. The van der Waals surface area contributed by atoms with E-state index in [1.807, 2.05) is 0 Å². The number of carbonyl (C=O) groups is 1. The molecule has 0 fully saturated rings. The molecule has 0 aliphatic carbocycles. The van der Waals surface area contributed by atoms with Gasteiger partial charge in [-0.15, -0.1) is 0 Å². The van der Waals surface area contributed by atoms with Crippen molar-refractivity contribution in [2.45, 2.75) is 110 Å². The van der Waals surface area contributed by atoms with Crippen molar-refractivity contribution in [1.29, 1.82) is 0 Å². The molecule has 0 radical (unpaired) electrons. The van der Waals surface area contributed by atoms with Gasteiger partial charge in [0.1, 0.15) is 0 Å². The summed E-state index contributed by atoms with van der Waals surface area (Å²) in [6.45, 7) is 11.4. The number of carbonyl (C=O) groups excluding carboxylic acids is 1. The van der Waals surface area contributed by atoms with Gasteiger partial charge < -0.3 is 10.6 Å². The maximum atomic E-state index is 12.2. The second-order valence-corrected chi connectivity index (χ2v) is 7.07. The minimum absolute atomic E-state index is 0.0313. The number of unbranched alkanes of at least 4 members (excludes halogenated alkanes) is 5. The lowest BCUT2D eigenvalue weighted by Crippen LogP contribution is -2.49. The summed E-state index contributed by atoms with van der Waals surface area (Å²) in [7, 11) is 0. The van der Waals surface area contributed by atoms with Crippen molar-refractivity contribution in [2.24, 2.45) is 0 Å². The molecule has 1 amide bonds. The minimum atomic E-state index is -0.0313. The molecule has 0 aromatic carbocycles. The SMILES string of the molecule is CCCCCCCC(C)(CCCC)NC(=O)CN[C@@H](C)CC. The largest absolute Gasteiger partial charge is 0.350 e. The summed E-state index contributed by atoms with van der Waals surface area (Å²) >= 11 is 0. The minimum Gasteiger partial charge on any atom is -0.350 e. The second-order valence-electron chi connectivity index (χ2n) is 7.07. The van der Waals surface area contributed by atoms with Gasteiger partial charge in [0.15, 0.2) is 0 Å². The van der Waals surface area contributed by atoms with Gasteiger partial charge in [-0.1, -0.05) is 65.7 Å². The van der Waals surface area contributed by atoms with E-state index < -0.39 is 0 Å². The van der Waals surface area contributed by atoms with Crippen molar-refractivity contribution < 1.29 is 4.79 Å². The Hall–Kier alpha value is -0.570. The lowest BCUT2D eigenvalue weighted by molar-refractivity contribution is -0.122. The first-order chi connectivity index (χ1) is 10.5. The Morgan fingerprint density at radius 1 is 0.955 bits per heavy atom. The Bertz CT molecular complexity index is 281. The summed E-state index contributed by atoms with van der Waals surface area (Å²) in [5, 5.41) is 6.58. The smallest absolute Gasteiger partial charge is 0.234 e. The van der Waals surface area contributed by atoms with Gasteiger partial charge in [-0.05, 0) is 33.1 Å². The lowest BCUT2D eigenvalue weighted by Gasteiger charge is -2.31. The summed E-state index contributed by atoms with van der Waals surface area (Å²) in [5.74, 6) is 0.146. The number of hydrogen-bond acceptors (Lipinski definition) is 2. The fourth-order valence-corrected chi connectivity index (χ4v) is 2.73. The molecular weight excluding hydrogens is 272 g/mol. The van der Waals surface area contributed by atoms with Crippen molar-refractivity contribution >= 4 is 5.91 Å². The van der Waals surface area contributed by atoms with E-state index in [-0.39, 0.29) is 11.4 Å². The van der Waals surface area contributed by atoms with Crippen LogP contribution in [0.4, 0.5) is 0 Å². The molecule has 132 valence electrons. The molecule has 2 atom stereocenters. The van der Waals surface area contributed by atoms with Crippen LogP contribution in [-0.4, -0.2) is 24.0 Å². The molecule has 22 heavy (non-hydrogen) atoms. The molecule has 0 rings (SSSR count).